The lowest BCUT2D eigenvalue weighted by molar-refractivity contribution is -0.128. The van der Waals surface area contributed by atoms with Gasteiger partial charge in [0.1, 0.15) is 0 Å². The Morgan fingerprint density at radius 3 is 2.62 bits per heavy atom. The number of carbonyl (C=O) groups excluding carboxylic acids is 2. The van der Waals surface area contributed by atoms with Crippen LogP contribution in [0.4, 0.5) is 11.4 Å². The van der Waals surface area contributed by atoms with Crippen molar-refractivity contribution in [2.45, 2.75) is 25.7 Å². The van der Waals surface area contributed by atoms with Gasteiger partial charge in [-0.25, -0.2) is 0 Å². The van der Waals surface area contributed by atoms with E-state index in [4.69, 9.17) is 11.6 Å². The first-order chi connectivity index (χ1) is 13.6. The first kappa shape index (κ1) is 21.6. The molecule has 154 valence electrons. The molecule has 2 atom stereocenters. The standard InChI is InChI=1S/C22H24ClN3O2.ClH/c23-19-10-9-17(12-18(19)20(27)25-16-7-2-1-3-8-16)26-21(28)22-11-5-4-6-15(22)13-24-14-22;/h1-3,7-10,12,15,24H,4-6,11,13-14H2,(H,25,27)(H,26,28);1H/t15-,22+;/m0./s1. The maximum absolute atomic E-state index is 13.1. The summed E-state index contributed by atoms with van der Waals surface area (Å²) in [7, 11) is 0. The van der Waals surface area contributed by atoms with Gasteiger partial charge in [0.2, 0.25) is 5.91 Å². The van der Waals surface area contributed by atoms with Crippen LogP contribution < -0.4 is 16.0 Å². The van der Waals surface area contributed by atoms with Gasteiger partial charge in [0, 0.05) is 17.9 Å². The van der Waals surface area contributed by atoms with E-state index >= 15 is 0 Å². The number of carbonyl (C=O) groups is 2. The Kier molecular flexibility index (Phi) is 6.83. The third-order valence-corrected chi connectivity index (χ3v) is 6.32. The second kappa shape index (κ2) is 9.16. The third-order valence-electron chi connectivity index (χ3n) is 5.99. The normalized spacial score (nSPS) is 22.9. The van der Waals surface area contributed by atoms with E-state index < -0.39 is 0 Å². The Balaban J connectivity index is 0.00000240. The highest BCUT2D eigenvalue weighted by Crippen LogP contribution is 2.44. The SMILES string of the molecule is Cl.O=C(Nc1ccccc1)c1cc(NC(=O)[C@@]23CCCC[C@H]2CNC3)ccc1Cl. The lowest BCUT2D eigenvalue weighted by Gasteiger charge is -2.37. The highest BCUT2D eigenvalue weighted by atomic mass is 35.5. The molecule has 0 unspecified atom stereocenters. The molecule has 1 aliphatic heterocycles. The van der Waals surface area contributed by atoms with E-state index in [0.717, 1.165) is 32.4 Å². The second-order valence-electron chi connectivity index (χ2n) is 7.70. The Morgan fingerprint density at radius 1 is 1.03 bits per heavy atom. The minimum atomic E-state index is -0.343. The summed E-state index contributed by atoms with van der Waals surface area (Å²) in [4.78, 5) is 25.8. The van der Waals surface area contributed by atoms with Crippen LogP contribution in [-0.2, 0) is 4.79 Å². The summed E-state index contributed by atoms with van der Waals surface area (Å²) in [5.74, 6) is 0.122. The Labute approximate surface area is 182 Å². The molecule has 1 aliphatic carbocycles. The average molecular weight is 434 g/mol. The number of benzene rings is 2. The fourth-order valence-electron chi connectivity index (χ4n) is 4.44. The molecule has 0 radical (unpaired) electrons. The van der Waals surface area contributed by atoms with Crippen molar-refractivity contribution >= 4 is 47.2 Å². The van der Waals surface area contributed by atoms with Gasteiger partial charge in [0.25, 0.3) is 5.91 Å². The van der Waals surface area contributed by atoms with Gasteiger partial charge in [0.15, 0.2) is 0 Å². The predicted molar refractivity (Wildman–Crippen MR) is 119 cm³/mol. The van der Waals surface area contributed by atoms with Crippen molar-refractivity contribution in [1.82, 2.24) is 5.32 Å². The molecule has 2 amide bonds. The van der Waals surface area contributed by atoms with E-state index in [1.165, 1.54) is 6.42 Å². The van der Waals surface area contributed by atoms with E-state index in [1.54, 1.807) is 18.2 Å². The van der Waals surface area contributed by atoms with E-state index in [9.17, 15) is 9.59 Å². The number of hydrogen-bond acceptors (Lipinski definition) is 3. The van der Waals surface area contributed by atoms with Gasteiger partial charge in [-0.3, -0.25) is 9.59 Å². The molecule has 2 aliphatic rings. The zero-order valence-corrected chi connectivity index (χ0v) is 17.6. The molecule has 29 heavy (non-hydrogen) atoms. The fraction of sp³-hybridized carbons (Fsp3) is 0.364. The van der Waals surface area contributed by atoms with E-state index in [1.807, 2.05) is 30.3 Å². The number of fused-ring (bicyclic) bond motifs is 1. The molecule has 4 rings (SSSR count). The fourth-order valence-corrected chi connectivity index (χ4v) is 4.65. The number of rotatable bonds is 4. The van der Waals surface area contributed by atoms with Crippen molar-refractivity contribution < 1.29 is 9.59 Å². The molecule has 1 saturated carbocycles. The van der Waals surface area contributed by atoms with Crippen LogP contribution in [0.3, 0.4) is 0 Å². The Morgan fingerprint density at radius 2 is 1.83 bits per heavy atom. The van der Waals surface area contributed by atoms with Crippen molar-refractivity contribution in [3.05, 3.63) is 59.1 Å². The van der Waals surface area contributed by atoms with E-state index in [0.29, 0.717) is 27.9 Å². The molecule has 7 heteroatoms. The summed E-state index contributed by atoms with van der Waals surface area (Å²) in [6, 6.07) is 14.3. The number of nitrogens with one attached hydrogen (secondary N) is 3. The Bertz CT molecular complexity index is 891. The van der Waals surface area contributed by atoms with Crippen LogP contribution in [0.2, 0.25) is 5.02 Å². The number of para-hydroxylation sites is 1. The molecule has 1 saturated heterocycles. The number of anilines is 2. The van der Waals surface area contributed by atoms with Crippen LogP contribution in [-0.4, -0.2) is 24.9 Å². The molecule has 3 N–H and O–H groups in total. The molecular formula is C22H25Cl2N3O2. The van der Waals surface area contributed by atoms with Crippen molar-refractivity contribution in [2.24, 2.45) is 11.3 Å². The largest absolute Gasteiger partial charge is 0.326 e. The van der Waals surface area contributed by atoms with Gasteiger partial charge >= 0.3 is 0 Å². The summed E-state index contributed by atoms with van der Waals surface area (Å²) < 4.78 is 0. The zero-order chi connectivity index (χ0) is 19.6. The number of hydrogen-bond donors (Lipinski definition) is 3. The van der Waals surface area contributed by atoms with E-state index in [2.05, 4.69) is 16.0 Å². The third kappa shape index (κ3) is 4.42. The monoisotopic (exact) mass is 433 g/mol. The van der Waals surface area contributed by atoms with E-state index in [-0.39, 0.29) is 29.6 Å². The maximum atomic E-state index is 13.1. The first-order valence-corrected chi connectivity index (χ1v) is 10.1. The summed E-state index contributed by atoms with van der Waals surface area (Å²) in [6.07, 6.45) is 4.26. The highest BCUT2D eigenvalue weighted by molar-refractivity contribution is 6.34. The van der Waals surface area contributed by atoms with Crippen molar-refractivity contribution in [3.63, 3.8) is 0 Å². The van der Waals surface area contributed by atoms with Gasteiger partial charge in [0.05, 0.1) is 16.0 Å². The second-order valence-corrected chi connectivity index (χ2v) is 8.11. The molecule has 0 bridgehead atoms. The molecule has 0 aromatic heterocycles. The average Bonchev–Trinajstić information content (AvgIpc) is 3.15. The van der Waals surface area contributed by atoms with Crippen LogP contribution in [0.15, 0.2) is 48.5 Å². The summed E-state index contributed by atoms with van der Waals surface area (Å²) >= 11 is 6.25. The van der Waals surface area contributed by atoms with Crippen molar-refractivity contribution in [1.29, 1.82) is 0 Å². The predicted octanol–water partition coefficient (Wildman–Crippen LogP) is 4.73. The van der Waals surface area contributed by atoms with Crippen LogP contribution in [0.1, 0.15) is 36.0 Å². The smallest absolute Gasteiger partial charge is 0.257 e. The van der Waals surface area contributed by atoms with Crippen LogP contribution >= 0.6 is 24.0 Å². The van der Waals surface area contributed by atoms with Crippen molar-refractivity contribution in [3.8, 4) is 0 Å². The van der Waals surface area contributed by atoms with Crippen LogP contribution in [0, 0.1) is 11.3 Å². The molecule has 2 aromatic carbocycles. The highest BCUT2D eigenvalue weighted by Gasteiger charge is 2.49. The molecule has 1 heterocycles. The quantitative estimate of drug-likeness (QED) is 0.652. The molecule has 2 aromatic rings. The minimum absolute atomic E-state index is 0. The van der Waals surface area contributed by atoms with Gasteiger partial charge in [-0.2, -0.15) is 0 Å². The van der Waals surface area contributed by atoms with Gasteiger partial charge in [-0.05, 0) is 55.6 Å². The minimum Gasteiger partial charge on any atom is -0.326 e. The van der Waals surface area contributed by atoms with Gasteiger partial charge in [-0.1, -0.05) is 42.6 Å². The number of amides is 2. The zero-order valence-electron chi connectivity index (χ0n) is 16.0. The van der Waals surface area contributed by atoms with Gasteiger partial charge < -0.3 is 16.0 Å². The molecule has 2 fully saturated rings. The van der Waals surface area contributed by atoms with Crippen molar-refractivity contribution in [2.75, 3.05) is 23.7 Å². The summed E-state index contributed by atoms with van der Waals surface area (Å²) in [6.45, 7) is 1.62. The lowest BCUT2D eigenvalue weighted by atomic mass is 9.67. The summed E-state index contributed by atoms with van der Waals surface area (Å²) in [5, 5.41) is 9.62. The molecular weight excluding hydrogens is 409 g/mol. The van der Waals surface area contributed by atoms with Crippen LogP contribution in [0.25, 0.3) is 0 Å². The molecule has 0 spiro atoms. The maximum Gasteiger partial charge on any atom is 0.257 e. The number of halogens is 2. The molecule has 5 nitrogen and oxygen atoms in total. The Hall–Kier alpha value is -2.08. The topological polar surface area (TPSA) is 70.2 Å². The van der Waals surface area contributed by atoms with Gasteiger partial charge in [-0.15, -0.1) is 12.4 Å². The lowest BCUT2D eigenvalue weighted by Crippen LogP contribution is -2.44. The summed E-state index contributed by atoms with van der Waals surface area (Å²) in [5.41, 5.74) is 1.28. The van der Waals surface area contributed by atoms with Crippen LogP contribution in [0.5, 0.6) is 0 Å². The first-order valence-electron chi connectivity index (χ1n) is 9.77.